The van der Waals surface area contributed by atoms with Gasteiger partial charge in [0.05, 0.1) is 18.4 Å². The van der Waals surface area contributed by atoms with E-state index >= 15 is 0 Å². The second kappa shape index (κ2) is 11.1. The number of carbonyl (C=O) groups excluding carboxylic acids is 2. The van der Waals surface area contributed by atoms with Crippen LogP contribution >= 0.6 is 11.3 Å². The number of Topliss-reactive ketones (excluding diaryl/α,β-unsaturated/α-hetero) is 1. The first-order valence-electron chi connectivity index (χ1n) is 11.5. The van der Waals surface area contributed by atoms with Crippen LogP contribution in [-0.2, 0) is 11.3 Å². The van der Waals surface area contributed by atoms with Crippen molar-refractivity contribution in [3.8, 4) is 27.6 Å². The van der Waals surface area contributed by atoms with Gasteiger partial charge in [0, 0.05) is 35.9 Å². The molecule has 0 aliphatic heterocycles. The van der Waals surface area contributed by atoms with Crippen LogP contribution in [0.3, 0.4) is 0 Å². The summed E-state index contributed by atoms with van der Waals surface area (Å²) >= 11 is 1.61. The predicted octanol–water partition coefficient (Wildman–Crippen LogP) is 6.38. The molecule has 4 aromatic rings. The zero-order valence-corrected chi connectivity index (χ0v) is 20.9. The number of amides is 1. The van der Waals surface area contributed by atoms with Crippen LogP contribution in [0.1, 0.15) is 39.9 Å². The predicted molar refractivity (Wildman–Crippen MR) is 141 cm³/mol. The van der Waals surface area contributed by atoms with Gasteiger partial charge in [-0.15, -0.1) is 11.3 Å². The minimum atomic E-state index is -0.156. The Kier molecular flexibility index (Phi) is 7.73. The van der Waals surface area contributed by atoms with E-state index in [0.717, 1.165) is 33.0 Å². The number of rotatable bonds is 9. The number of nitrogens with zero attached hydrogens (tertiary/aromatic N) is 1. The van der Waals surface area contributed by atoms with Crippen LogP contribution in [0.5, 0.6) is 5.75 Å². The molecule has 0 spiro atoms. The monoisotopic (exact) mass is 484 g/mol. The zero-order chi connectivity index (χ0) is 24.8. The third-order valence-electron chi connectivity index (χ3n) is 5.78. The molecule has 0 atom stereocenters. The molecule has 1 aromatic heterocycles. The molecule has 0 aliphatic carbocycles. The molecule has 1 heterocycles. The van der Waals surface area contributed by atoms with Crippen molar-refractivity contribution in [2.24, 2.45) is 0 Å². The molecule has 5 nitrogen and oxygen atoms in total. The van der Waals surface area contributed by atoms with Crippen molar-refractivity contribution in [3.63, 3.8) is 0 Å². The van der Waals surface area contributed by atoms with Crippen molar-refractivity contribution >= 4 is 23.0 Å². The van der Waals surface area contributed by atoms with E-state index in [4.69, 9.17) is 9.72 Å². The second-order valence-corrected chi connectivity index (χ2v) is 9.36. The number of aryl methyl sites for hydroxylation is 2. The highest BCUT2D eigenvalue weighted by molar-refractivity contribution is 7.13. The van der Waals surface area contributed by atoms with Crippen molar-refractivity contribution in [3.05, 3.63) is 94.4 Å². The van der Waals surface area contributed by atoms with Gasteiger partial charge in [-0.1, -0.05) is 65.7 Å². The van der Waals surface area contributed by atoms with Crippen molar-refractivity contribution in [2.75, 3.05) is 7.11 Å². The molecule has 0 fully saturated rings. The van der Waals surface area contributed by atoms with Crippen molar-refractivity contribution < 1.29 is 14.3 Å². The number of ketones is 1. The first-order valence-corrected chi connectivity index (χ1v) is 12.4. The van der Waals surface area contributed by atoms with Crippen molar-refractivity contribution in [1.82, 2.24) is 10.3 Å². The van der Waals surface area contributed by atoms with Crippen molar-refractivity contribution in [1.29, 1.82) is 0 Å². The fourth-order valence-corrected chi connectivity index (χ4v) is 4.55. The van der Waals surface area contributed by atoms with Crippen LogP contribution in [0.25, 0.3) is 21.8 Å². The molecule has 35 heavy (non-hydrogen) atoms. The largest absolute Gasteiger partial charge is 0.496 e. The molecule has 4 rings (SSSR count). The molecule has 1 amide bonds. The van der Waals surface area contributed by atoms with E-state index < -0.39 is 0 Å². The van der Waals surface area contributed by atoms with E-state index in [9.17, 15) is 9.59 Å². The fourth-order valence-electron chi connectivity index (χ4n) is 3.72. The molecule has 178 valence electrons. The number of aromatic nitrogens is 1. The van der Waals surface area contributed by atoms with E-state index in [0.29, 0.717) is 17.9 Å². The lowest BCUT2D eigenvalue weighted by molar-refractivity contribution is -0.121. The average Bonchev–Trinajstić information content (AvgIpc) is 3.37. The van der Waals surface area contributed by atoms with E-state index in [-0.39, 0.29) is 24.5 Å². The van der Waals surface area contributed by atoms with E-state index in [2.05, 4.69) is 41.9 Å². The molecule has 6 heteroatoms. The number of ether oxygens (including phenoxy) is 1. The van der Waals surface area contributed by atoms with Gasteiger partial charge in [-0.05, 0) is 31.5 Å². The maximum absolute atomic E-state index is 12.6. The van der Waals surface area contributed by atoms with E-state index in [1.54, 1.807) is 23.5 Å². The molecular weight excluding hydrogens is 456 g/mol. The Morgan fingerprint density at radius 1 is 0.886 bits per heavy atom. The molecular formula is C29H28N2O3S. The molecule has 0 saturated carbocycles. The molecule has 1 N–H and O–H groups in total. The summed E-state index contributed by atoms with van der Waals surface area (Å²) in [5.41, 5.74) is 6.83. The Labute approximate surface area is 209 Å². The molecule has 0 unspecified atom stereocenters. The standard InChI is InChI=1S/C29H28N2O3S/c1-19-4-9-22(10-5-19)25-18-35-29(31-25)23-11-7-21(8-12-23)17-30-28(33)15-13-26(32)24-16-20(2)6-14-27(24)34-3/h4-12,14,16,18H,13,15,17H2,1-3H3,(H,30,33). The first kappa shape index (κ1) is 24.4. The number of benzene rings is 3. The van der Waals surface area contributed by atoms with Gasteiger partial charge in [-0.2, -0.15) is 0 Å². The topological polar surface area (TPSA) is 68.3 Å². The van der Waals surface area contributed by atoms with Crippen molar-refractivity contribution in [2.45, 2.75) is 33.2 Å². The maximum atomic E-state index is 12.6. The highest BCUT2D eigenvalue weighted by Crippen LogP contribution is 2.29. The quantitative estimate of drug-likeness (QED) is 0.280. The van der Waals surface area contributed by atoms with E-state index in [1.807, 2.05) is 37.3 Å². The third kappa shape index (κ3) is 6.22. The Morgan fingerprint density at radius 2 is 1.57 bits per heavy atom. The molecule has 0 aliphatic rings. The van der Waals surface area contributed by atoms with Gasteiger partial charge in [0.25, 0.3) is 0 Å². The highest BCUT2D eigenvalue weighted by Gasteiger charge is 2.14. The van der Waals surface area contributed by atoms with Gasteiger partial charge in [0.2, 0.25) is 5.91 Å². The summed E-state index contributed by atoms with van der Waals surface area (Å²) < 4.78 is 5.28. The lowest BCUT2D eigenvalue weighted by Crippen LogP contribution is -2.23. The lowest BCUT2D eigenvalue weighted by atomic mass is 10.0. The van der Waals surface area contributed by atoms with Gasteiger partial charge in [-0.3, -0.25) is 9.59 Å². The maximum Gasteiger partial charge on any atom is 0.220 e. The number of hydrogen-bond donors (Lipinski definition) is 1. The number of thiazole rings is 1. The van der Waals surface area contributed by atoms with Gasteiger partial charge in [0.1, 0.15) is 10.8 Å². The number of hydrogen-bond acceptors (Lipinski definition) is 5. The number of nitrogens with one attached hydrogen (secondary N) is 1. The SMILES string of the molecule is COc1ccc(C)cc1C(=O)CCC(=O)NCc1ccc(-c2nc(-c3ccc(C)cc3)cs2)cc1. The van der Waals surface area contributed by atoms with Crippen LogP contribution in [-0.4, -0.2) is 23.8 Å². The van der Waals surface area contributed by atoms with Crippen LogP contribution < -0.4 is 10.1 Å². The lowest BCUT2D eigenvalue weighted by Gasteiger charge is -2.09. The van der Waals surface area contributed by atoms with Gasteiger partial charge in [0.15, 0.2) is 5.78 Å². The summed E-state index contributed by atoms with van der Waals surface area (Å²) in [6.07, 6.45) is 0.271. The molecule has 0 saturated heterocycles. The normalized spacial score (nSPS) is 10.7. The summed E-state index contributed by atoms with van der Waals surface area (Å²) in [7, 11) is 1.54. The van der Waals surface area contributed by atoms with E-state index in [1.165, 1.54) is 12.7 Å². The van der Waals surface area contributed by atoms with Crippen LogP contribution in [0, 0.1) is 13.8 Å². The molecule has 0 bridgehead atoms. The number of carbonyl (C=O) groups is 2. The Morgan fingerprint density at radius 3 is 2.29 bits per heavy atom. The average molecular weight is 485 g/mol. The van der Waals surface area contributed by atoms with Crippen LogP contribution in [0.2, 0.25) is 0 Å². The smallest absolute Gasteiger partial charge is 0.220 e. The van der Waals surface area contributed by atoms with Crippen LogP contribution in [0.4, 0.5) is 0 Å². The minimum absolute atomic E-state index is 0.0986. The molecule has 0 radical (unpaired) electrons. The Balaban J connectivity index is 1.29. The number of methoxy groups -OCH3 is 1. The minimum Gasteiger partial charge on any atom is -0.496 e. The fraction of sp³-hybridized carbons (Fsp3) is 0.207. The summed E-state index contributed by atoms with van der Waals surface area (Å²) in [6.45, 7) is 4.40. The zero-order valence-electron chi connectivity index (χ0n) is 20.1. The summed E-state index contributed by atoms with van der Waals surface area (Å²) in [6, 6.07) is 21.9. The van der Waals surface area contributed by atoms with Gasteiger partial charge < -0.3 is 10.1 Å². The Bertz CT molecular complexity index is 1330. The van der Waals surface area contributed by atoms with Crippen LogP contribution in [0.15, 0.2) is 72.1 Å². The molecule has 3 aromatic carbocycles. The Hall–Kier alpha value is -3.77. The highest BCUT2D eigenvalue weighted by atomic mass is 32.1. The first-order chi connectivity index (χ1) is 16.9. The van der Waals surface area contributed by atoms with Gasteiger partial charge >= 0.3 is 0 Å². The summed E-state index contributed by atoms with van der Waals surface area (Å²) in [4.78, 5) is 29.7. The third-order valence-corrected chi connectivity index (χ3v) is 6.67. The summed E-state index contributed by atoms with van der Waals surface area (Å²) in [5, 5.41) is 5.93. The summed E-state index contributed by atoms with van der Waals surface area (Å²) in [5.74, 6) is 0.280. The van der Waals surface area contributed by atoms with Gasteiger partial charge in [-0.25, -0.2) is 4.98 Å². The second-order valence-electron chi connectivity index (χ2n) is 8.50.